The fourth-order valence-electron chi connectivity index (χ4n) is 2.82. The van der Waals surface area contributed by atoms with Crippen LogP contribution in [0.15, 0.2) is 34.8 Å². The van der Waals surface area contributed by atoms with Crippen molar-refractivity contribution in [3.63, 3.8) is 0 Å². The number of allylic oxidation sites excluding steroid dienone is 2. The van der Waals surface area contributed by atoms with Gasteiger partial charge in [0.25, 0.3) is 0 Å². The Kier molecular flexibility index (Phi) is 4.14. The van der Waals surface area contributed by atoms with Gasteiger partial charge in [-0.05, 0) is 31.0 Å². The Morgan fingerprint density at radius 1 is 1.30 bits per heavy atom. The number of nitrogens with zero attached hydrogens (tertiary/aromatic N) is 1. The molecule has 6 heteroatoms. The van der Waals surface area contributed by atoms with Crippen LogP contribution in [-0.4, -0.2) is 22.0 Å². The van der Waals surface area contributed by atoms with Gasteiger partial charge in [0.15, 0.2) is 11.5 Å². The van der Waals surface area contributed by atoms with Gasteiger partial charge in [-0.1, -0.05) is 19.1 Å². The number of benzene rings is 1. The molecule has 1 amide bonds. The van der Waals surface area contributed by atoms with E-state index in [2.05, 4.69) is 10.3 Å². The van der Waals surface area contributed by atoms with Gasteiger partial charge in [0, 0.05) is 12.1 Å². The van der Waals surface area contributed by atoms with Crippen LogP contribution in [0.25, 0.3) is 11.1 Å². The molecule has 0 saturated carbocycles. The molecule has 6 nitrogen and oxygen atoms in total. The number of hydrogen-bond acceptors (Lipinski definition) is 4. The van der Waals surface area contributed by atoms with Crippen LogP contribution in [-0.2, 0) is 16.0 Å². The number of hydrogen-bond donors (Lipinski definition) is 2. The van der Waals surface area contributed by atoms with Crippen LogP contribution in [0.5, 0.6) is 0 Å². The van der Waals surface area contributed by atoms with E-state index >= 15 is 0 Å². The van der Waals surface area contributed by atoms with Crippen molar-refractivity contribution in [1.82, 2.24) is 4.98 Å². The quantitative estimate of drug-likeness (QED) is 0.846. The Hall–Kier alpha value is -2.63. The van der Waals surface area contributed by atoms with Gasteiger partial charge in [0.05, 0.1) is 11.8 Å². The van der Waals surface area contributed by atoms with Crippen molar-refractivity contribution < 1.29 is 19.1 Å². The second kappa shape index (κ2) is 6.24. The van der Waals surface area contributed by atoms with Gasteiger partial charge in [0.1, 0.15) is 5.52 Å². The monoisotopic (exact) mass is 314 g/mol. The molecule has 0 aliphatic heterocycles. The second-order valence-corrected chi connectivity index (χ2v) is 5.63. The van der Waals surface area contributed by atoms with Gasteiger partial charge in [-0.15, -0.1) is 0 Å². The summed E-state index contributed by atoms with van der Waals surface area (Å²) < 4.78 is 5.53. The summed E-state index contributed by atoms with van der Waals surface area (Å²) in [6, 6.07) is 5.23. The van der Waals surface area contributed by atoms with Gasteiger partial charge in [-0.2, -0.15) is 0 Å². The van der Waals surface area contributed by atoms with Crippen molar-refractivity contribution in [3.05, 3.63) is 36.2 Å². The maximum Gasteiger partial charge on any atom is 0.307 e. The Morgan fingerprint density at radius 2 is 2.04 bits per heavy atom. The van der Waals surface area contributed by atoms with E-state index in [0.29, 0.717) is 41.9 Å². The molecule has 1 aromatic heterocycles. The molecule has 0 saturated heterocycles. The lowest BCUT2D eigenvalue weighted by Gasteiger charge is -2.24. The predicted molar refractivity (Wildman–Crippen MR) is 85.0 cm³/mol. The first-order valence-corrected chi connectivity index (χ1v) is 7.66. The maximum absolute atomic E-state index is 12.4. The third-order valence-corrected chi connectivity index (χ3v) is 4.09. The van der Waals surface area contributed by atoms with Crippen molar-refractivity contribution in [2.75, 3.05) is 5.32 Å². The van der Waals surface area contributed by atoms with E-state index in [9.17, 15) is 14.7 Å². The third-order valence-electron chi connectivity index (χ3n) is 4.09. The number of aliphatic carboxylic acids is 1. The zero-order valence-corrected chi connectivity index (χ0v) is 12.8. The molecule has 2 N–H and O–H groups in total. The number of carboxylic acid groups (broad SMARTS) is 1. The first kappa shape index (κ1) is 15.3. The molecule has 120 valence electrons. The second-order valence-electron chi connectivity index (χ2n) is 5.63. The predicted octanol–water partition coefficient (Wildman–Crippen LogP) is 3.00. The van der Waals surface area contributed by atoms with Crippen molar-refractivity contribution in [3.8, 4) is 0 Å². The van der Waals surface area contributed by atoms with Gasteiger partial charge in [-0.25, -0.2) is 4.98 Å². The van der Waals surface area contributed by atoms with E-state index in [1.807, 2.05) is 19.1 Å². The minimum atomic E-state index is -0.936. The Labute approximate surface area is 133 Å². The molecule has 1 heterocycles. The highest BCUT2D eigenvalue weighted by Crippen LogP contribution is 2.28. The molecule has 3 rings (SSSR count). The standard InChI is InChI=1S/C17H18N2O4/c1-2-15-19-13-9-10(7-8-14(13)23-15)18-16(20)11-5-3-4-6-12(11)17(21)22/h3-4,7-9,11-12H,2,5-6H2,1H3,(H,18,20)(H,21,22)/t11-,12+/m1/s1. The van der Waals surface area contributed by atoms with Crippen LogP contribution < -0.4 is 5.32 Å². The number of carboxylic acids is 1. The number of carbonyl (C=O) groups excluding carboxylic acids is 1. The van der Waals surface area contributed by atoms with Crippen LogP contribution in [0, 0.1) is 11.8 Å². The van der Waals surface area contributed by atoms with Gasteiger partial charge in [-0.3, -0.25) is 9.59 Å². The van der Waals surface area contributed by atoms with Crippen LogP contribution in [0.1, 0.15) is 25.7 Å². The van der Waals surface area contributed by atoms with Crippen LogP contribution in [0.4, 0.5) is 5.69 Å². The summed E-state index contributed by atoms with van der Waals surface area (Å²) in [6.07, 6.45) is 5.20. The average molecular weight is 314 g/mol. The van der Waals surface area contributed by atoms with E-state index in [4.69, 9.17) is 4.42 Å². The summed E-state index contributed by atoms with van der Waals surface area (Å²) in [7, 11) is 0. The summed E-state index contributed by atoms with van der Waals surface area (Å²) in [5, 5.41) is 12.1. The molecule has 0 fully saturated rings. The van der Waals surface area contributed by atoms with E-state index in [-0.39, 0.29) is 5.91 Å². The molecular weight excluding hydrogens is 296 g/mol. The Balaban J connectivity index is 1.79. The van der Waals surface area contributed by atoms with Crippen LogP contribution in [0.3, 0.4) is 0 Å². The Morgan fingerprint density at radius 3 is 2.74 bits per heavy atom. The van der Waals surface area contributed by atoms with Crippen LogP contribution >= 0.6 is 0 Å². The first-order valence-electron chi connectivity index (χ1n) is 7.66. The highest BCUT2D eigenvalue weighted by atomic mass is 16.4. The summed E-state index contributed by atoms with van der Waals surface area (Å²) in [6.45, 7) is 1.95. The van der Waals surface area contributed by atoms with Gasteiger partial charge >= 0.3 is 5.97 Å². The maximum atomic E-state index is 12.4. The molecule has 2 atom stereocenters. The normalized spacial score (nSPS) is 20.6. The number of oxazole rings is 1. The smallest absolute Gasteiger partial charge is 0.307 e. The SMILES string of the molecule is CCc1nc2cc(NC(=O)[C@@H]3CC=CC[C@@H]3C(=O)O)ccc2o1. The van der Waals surface area contributed by atoms with Crippen molar-refractivity contribution in [1.29, 1.82) is 0 Å². The number of carbonyl (C=O) groups is 2. The molecule has 23 heavy (non-hydrogen) atoms. The zero-order chi connectivity index (χ0) is 16.4. The van der Waals surface area contributed by atoms with Crippen molar-refractivity contribution >= 4 is 28.7 Å². The zero-order valence-electron chi connectivity index (χ0n) is 12.8. The van der Waals surface area contributed by atoms with Gasteiger partial charge < -0.3 is 14.8 Å². The molecule has 0 radical (unpaired) electrons. The Bertz CT molecular complexity index is 778. The lowest BCUT2D eigenvalue weighted by Crippen LogP contribution is -2.34. The molecule has 0 bridgehead atoms. The average Bonchev–Trinajstić information content (AvgIpc) is 2.97. The number of nitrogens with one attached hydrogen (secondary N) is 1. The first-order chi connectivity index (χ1) is 11.1. The highest BCUT2D eigenvalue weighted by Gasteiger charge is 2.33. The van der Waals surface area contributed by atoms with Crippen LogP contribution in [0.2, 0.25) is 0 Å². The highest BCUT2D eigenvalue weighted by molar-refractivity contribution is 5.96. The fourth-order valence-corrected chi connectivity index (χ4v) is 2.82. The topological polar surface area (TPSA) is 92.4 Å². The number of fused-ring (bicyclic) bond motifs is 1. The summed E-state index contributed by atoms with van der Waals surface area (Å²) in [4.78, 5) is 28.1. The molecule has 1 aliphatic rings. The lowest BCUT2D eigenvalue weighted by molar-refractivity contribution is -0.146. The van der Waals surface area contributed by atoms with E-state index in [0.717, 1.165) is 0 Å². The molecule has 0 unspecified atom stereocenters. The number of rotatable bonds is 4. The molecule has 1 aromatic carbocycles. The molecule has 2 aromatic rings. The van der Waals surface area contributed by atoms with E-state index in [1.54, 1.807) is 18.2 Å². The number of aromatic nitrogens is 1. The number of amides is 1. The largest absolute Gasteiger partial charge is 0.481 e. The summed E-state index contributed by atoms with van der Waals surface area (Å²) in [5.74, 6) is -1.81. The summed E-state index contributed by atoms with van der Waals surface area (Å²) in [5.41, 5.74) is 1.94. The minimum Gasteiger partial charge on any atom is -0.481 e. The minimum absolute atomic E-state index is 0.277. The molecular formula is C17H18N2O4. The lowest BCUT2D eigenvalue weighted by atomic mass is 9.82. The number of aryl methyl sites for hydroxylation is 1. The molecule has 0 spiro atoms. The molecule has 1 aliphatic carbocycles. The van der Waals surface area contributed by atoms with Crippen molar-refractivity contribution in [2.45, 2.75) is 26.2 Å². The fraction of sp³-hybridized carbons (Fsp3) is 0.353. The van der Waals surface area contributed by atoms with Crippen molar-refractivity contribution in [2.24, 2.45) is 11.8 Å². The van der Waals surface area contributed by atoms with Gasteiger partial charge in [0.2, 0.25) is 5.91 Å². The number of anilines is 1. The third kappa shape index (κ3) is 3.11. The van der Waals surface area contributed by atoms with E-state index < -0.39 is 17.8 Å². The van der Waals surface area contributed by atoms with E-state index in [1.165, 1.54) is 0 Å². The summed E-state index contributed by atoms with van der Waals surface area (Å²) >= 11 is 0.